The predicted molar refractivity (Wildman–Crippen MR) is 99.8 cm³/mol. The number of anilines is 1. The van der Waals surface area contributed by atoms with Crippen molar-refractivity contribution in [3.05, 3.63) is 30.1 Å². The van der Waals surface area contributed by atoms with E-state index in [4.69, 9.17) is 12.2 Å². The summed E-state index contributed by atoms with van der Waals surface area (Å²) in [5, 5.41) is 7.22. The van der Waals surface area contributed by atoms with Crippen LogP contribution >= 0.6 is 12.2 Å². The van der Waals surface area contributed by atoms with Crippen molar-refractivity contribution in [2.45, 2.75) is 63.1 Å². The number of carbonyl (C=O) groups excluding carboxylic acids is 1. The first-order valence-electron chi connectivity index (χ1n) is 9.25. The van der Waals surface area contributed by atoms with E-state index in [9.17, 15) is 9.18 Å². The molecule has 1 saturated carbocycles. The molecule has 2 saturated heterocycles. The molecule has 2 atom stereocenters. The lowest BCUT2D eigenvalue weighted by atomic mass is 9.82. The Morgan fingerprint density at radius 1 is 1.08 bits per heavy atom. The van der Waals surface area contributed by atoms with Gasteiger partial charge in [0.25, 0.3) is 0 Å². The van der Waals surface area contributed by atoms with Crippen LogP contribution in [0.3, 0.4) is 0 Å². The van der Waals surface area contributed by atoms with Gasteiger partial charge < -0.3 is 15.5 Å². The highest BCUT2D eigenvalue weighted by molar-refractivity contribution is 7.80. The maximum absolute atomic E-state index is 13.1. The molecule has 0 spiro atoms. The topological polar surface area (TPSA) is 44.4 Å². The quantitative estimate of drug-likeness (QED) is 0.810. The molecule has 4 nitrogen and oxygen atoms in total. The number of carbonyl (C=O) groups is 1. The predicted octanol–water partition coefficient (Wildman–Crippen LogP) is 3.43. The van der Waals surface area contributed by atoms with Crippen LogP contribution in [0, 0.1) is 11.7 Å². The molecular weight excluding hydrogens is 337 g/mol. The van der Waals surface area contributed by atoms with E-state index < -0.39 is 0 Å². The largest absolute Gasteiger partial charge is 0.353 e. The van der Waals surface area contributed by atoms with Crippen LogP contribution in [0.2, 0.25) is 0 Å². The minimum Gasteiger partial charge on any atom is -0.353 e. The number of rotatable bonds is 3. The average molecular weight is 361 g/mol. The SMILES string of the molecule is O=C(NC1C[C@H]2CCC[C@H](C1)N2C(=S)Nc1ccc(F)cc1)C1CC1. The molecule has 3 aliphatic rings. The molecule has 4 rings (SSSR count). The molecular formula is C19H24FN3OS. The highest BCUT2D eigenvalue weighted by Crippen LogP contribution is 2.36. The summed E-state index contributed by atoms with van der Waals surface area (Å²) in [6.07, 6.45) is 7.44. The Kier molecular flexibility index (Phi) is 4.63. The van der Waals surface area contributed by atoms with E-state index in [0.29, 0.717) is 17.2 Å². The van der Waals surface area contributed by atoms with Crippen molar-refractivity contribution < 1.29 is 9.18 Å². The van der Waals surface area contributed by atoms with Crippen LogP contribution in [0.4, 0.5) is 10.1 Å². The van der Waals surface area contributed by atoms with Gasteiger partial charge in [-0.25, -0.2) is 4.39 Å². The van der Waals surface area contributed by atoms with Crippen LogP contribution in [-0.4, -0.2) is 34.0 Å². The number of thiocarbonyl (C=S) groups is 1. The molecule has 6 heteroatoms. The van der Waals surface area contributed by atoms with E-state index in [2.05, 4.69) is 15.5 Å². The van der Waals surface area contributed by atoms with Crippen molar-refractivity contribution in [2.24, 2.45) is 5.92 Å². The number of fused-ring (bicyclic) bond motifs is 2. The number of halogens is 1. The van der Waals surface area contributed by atoms with Crippen molar-refractivity contribution >= 4 is 28.9 Å². The van der Waals surface area contributed by atoms with Crippen LogP contribution < -0.4 is 10.6 Å². The highest BCUT2D eigenvalue weighted by atomic mass is 32.1. The summed E-state index contributed by atoms with van der Waals surface area (Å²) in [5.41, 5.74) is 0.814. The minimum atomic E-state index is -0.249. The van der Waals surface area contributed by atoms with Crippen LogP contribution in [0.1, 0.15) is 44.9 Å². The van der Waals surface area contributed by atoms with Gasteiger partial charge in [-0.05, 0) is 81.4 Å². The number of benzene rings is 1. The Balaban J connectivity index is 1.40. The molecule has 0 aromatic heterocycles. The fourth-order valence-corrected chi connectivity index (χ4v) is 4.63. The van der Waals surface area contributed by atoms with Gasteiger partial charge in [-0.3, -0.25) is 4.79 Å². The third-order valence-electron chi connectivity index (χ3n) is 5.60. The summed E-state index contributed by atoms with van der Waals surface area (Å²) >= 11 is 5.65. The number of hydrogen-bond donors (Lipinski definition) is 2. The molecule has 134 valence electrons. The second-order valence-corrected chi connectivity index (χ2v) is 7.92. The lowest BCUT2D eigenvalue weighted by molar-refractivity contribution is -0.123. The lowest BCUT2D eigenvalue weighted by Crippen LogP contribution is -2.59. The zero-order chi connectivity index (χ0) is 17.4. The maximum atomic E-state index is 13.1. The summed E-state index contributed by atoms with van der Waals surface area (Å²) in [5.74, 6) is 0.253. The third kappa shape index (κ3) is 3.78. The van der Waals surface area contributed by atoms with Gasteiger partial charge in [0.2, 0.25) is 5.91 Å². The molecule has 2 bridgehead atoms. The normalized spacial score (nSPS) is 28.4. The minimum absolute atomic E-state index is 0.239. The zero-order valence-electron chi connectivity index (χ0n) is 14.2. The Hall–Kier alpha value is -1.69. The molecule has 0 radical (unpaired) electrons. The number of piperidine rings is 2. The van der Waals surface area contributed by atoms with E-state index >= 15 is 0 Å². The van der Waals surface area contributed by atoms with Gasteiger partial charge in [-0.1, -0.05) is 0 Å². The number of nitrogens with zero attached hydrogens (tertiary/aromatic N) is 1. The van der Waals surface area contributed by atoms with Crippen molar-refractivity contribution in [3.63, 3.8) is 0 Å². The average Bonchev–Trinajstić information content (AvgIpc) is 3.41. The van der Waals surface area contributed by atoms with Crippen LogP contribution in [0.5, 0.6) is 0 Å². The molecule has 0 unspecified atom stereocenters. The summed E-state index contributed by atoms with van der Waals surface area (Å²) in [4.78, 5) is 14.4. The third-order valence-corrected chi connectivity index (χ3v) is 5.91. The molecule has 1 amide bonds. The van der Waals surface area contributed by atoms with Crippen LogP contribution in [0.15, 0.2) is 24.3 Å². The van der Waals surface area contributed by atoms with E-state index in [1.807, 2.05) is 0 Å². The van der Waals surface area contributed by atoms with Crippen molar-refractivity contribution in [3.8, 4) is 0 Å². The monoisotopic (exact) mass is 361 g/mol. The van der Waals surface area contributed by atoms with Gasteiger partial charge >= 0.3 is 0 Å². The number of hydrogen-bond acceptors (Lipinski definition) is 2. The van der Waals surface area contributed by atoms with Gasteiger partial charge in [-0.15, -0.1) is 0 Å². The Bertz CT molecular complexity index is 647. The summed E-state index contributed by atoms with van der Waals surface area (Å²) in [6, 6.07) is 7.31. The Labute approximate surface area is 153 Å². The smallest absolute Gasteiger partial charge is 0.223 e. The first-order chi connectivity index (χ1) is 12.1. The van der Waals surface area contributed by atoms with Crippen molar-refractivity contribution in [1.29, 1.82) is 0 Å². The summed E-state index contributed by atoms with van der Waals surface area (Å²) in [6.45, 7) is 0. The standard InChI is InChI=1S/C19H24FN3OS/c20-13-6-8-14(9-7-13)22-19(25)23-16-2-1-3-17(23)11-15(10-16)21-18(24)12-4-5-12/h6-9,12,15-17H,1-5,10-11H2,(H,21,24)(H,22,25)/t16-,17-/m1/s1. The molecule has 2 N–H and O–H groups in total. The van der Waals surface area contributed by atoms with E-state index in [1.165, 1.54) is 18.6 Å². The molecule has 1 aromatic carbocycles. The second-order valence-electron chi connectivity index (χ2n) is 7.53. The molecule has 1 aliphatic carbocycles. The van der Waals surface area contributed by atoms with Crippen LogP contribution in [-0.2, 0) is 4.79 Å². The van der Waals surface area contributed by atoms with Gasteiger partial charge in [-0.2, -0.15) is 0 Å². The first kappa shape index (κ1) is 16.8. The first-order valence-corrected chi connectivity index (χ1v) is 9.66. The van der Waals surface area contributed by atoms with E-state index in [0.717, 1.165) is 44.2 Å². The Morgan fingerprint density at radius 2 is 1.72 bits per heavy atom. The fourth-order valence-electron chi connectivity index (χ4n) is 4.22. The molecule has 2 aliphatic heterocycles. The number of amides is 1. The number of nitrogens with one attached hydrogen (secondary N) is 2. The van der Waals surface area contributed by atoms with Crippen molar-refractivity contribution in [1.82, 2.24) is 10.2 Å². The summed E-state index contributed by atoms with van der Waals surface area (Å²) in [7, 11) is 0. The molecule has 3 fully saturated rings. The highest BCUT2D eigenvalue weighted by Gasteiger charge is 2.41. The Morgan fingerprint density at radius 3 is 2.32 bits per heavy atom. The molecule has 2 heterocycles. The van der Waals surface area contributed by atoms with Gasteiger partial charge in [0.1, 0.15) is 5.82 Å². The lowest BCUT2D eigenvalue weighted by Gasteiger charge is -2.50. The van der Waals surface area contributed by atoms with E-state index in [-0.39, 0.29) is 23.7 Å². The van der Waals surface area contributed by atoms with Gasteiger partial charge in [0.15, 0.2) is 5.11 Å². The van der Waals surface area contributed by atoms with Crippen molar-refractivity contribution in [2.75, 3.05) is 5.32 Å². The molecule has 1 aromatic rings. The summed E-state index contributed by atoms with van der Waals surface area (Å²) < 4.78 is 13.1. The molecule has 25 heavy (non-hydrogen) atoms. The van der Waals surface area contributed by atoms with Crippen LogP contribution in [0.25, 0.3) is 0 Å². The van der Waals surface area contributed by atoms with Gasteiger partial charge in [0.05, 0.1) is 0 Å². The fraction of sp³-hybridized carbons (Fsp3) is 0.579. The zero-order valence-corrected chi connectivity index (χ0v) is 15.0. The van der Waals surface area contributed by atoms with Gasteiger partial charge in [0, 0.05) is 29.7 Å². The van der Waals surface area contributed by atoms with E-state index in [1.54, 1.807) is 12.1 Å². The second kappa shape index (κ2) is 6.90. The maximum Gasteiger partial charge on any atom is 0.223 e.